The van der Waals surface area contributed by atoms with Gasteiger partial charge in [0.15, 0.2) is 0 Å². The van der Waals surface area contributed by atoms with Crippen molar-refractivity contribution in [2.45, 2.75) is 24.3 Å². The SMILES string of the molecule is ClC1C=C(c2ccccc2)Nc2c(C3CC3)cnn21. The van der Waals surface area contributed by atoms with E-state index in [0.717, 1.165) is 17.1 Å². The van der Waals surface area contributed by atoms with Gasteiger partial charge in [0.05, 0.1) is 6.20 Å². The monoisotopic (exact) mass is 271 g/mol. The van der Waals surface area contributed by atoms with Gasteiger partial charge in [0, 0.05) is 11.3 Å². The molecule has 19 heavy (non-hydrogen) atoms. The number of anilines is 1. The molecule has 1 atom stereocenters. The minimum Gasteiger partial charge on any atom is -0.340 e. The van der Waals surface area contributed by atoms with Crippen molar-refractivity contribution in [3.8, 4) is 0 Å². The van der Waals surface area contributed by atoms with Crippen LogP contribution in [0.25, 0.3) is 5.70 Å². The van der Waals surface area contributed by atoms with Crippen LogP contribution < -0.4 is 5.32 Å². The van der Waals surface area contributed by atoms with Crippen molar-refractivity contribution in [3.63, 3.8) is 0 Å². The van der Waals surface area contributed by atoms with Crippen LogP contribution in [-0.2, 0) is 0 Å². The van der Waals surface area contributed by atoms with E-state index in [0.29, 0.717) is 5.92 Å². The van der Waals surface area contributed by atoms with E-state index in [1.807, 2.05) is 35.2 Å². The van der Waals surface area contributed by atoms with Crippen molar-refractivity contribution < 1.29 is 0 Å². The third kappa shape index (κ3) is 1.85. The zero-order valence-corrected chi connectivity index (χ0v) is 11.1. The Kier molecular flexibility index (Phi) is 2.42. The molecule has 0 bridgehead atoms. The summed E-state index contributed by atoms with van der Waals surface area (Å²) in [6.45, 7) is 0. The lowest BCUT2D eigenvalue weighted by Crippen LogP contribution is -2.16. The summed E-state index contributed by atoms with van der Waals surface area (Å²) in [4.78, 5) is 0. The van der Waals surface area contributed by atoms with Crippen LogP contribution in [-0.4, -0.2) is 9.78 Å². The zero-order chi connectivity index (χ0) is 12.8. The van der Waals surface area contributed by atoms with Crippen molar-refractivity contribution >= 4 is 23.1 Å². The van der Waals surface area contributed by atoms with Crippen LogP contribution in [0.2, 0.25) is 0 Å². The number of fused-ring (bicyclic) bond motifs is 1. The Morgan fingerprint density at radius 2 is 2.00 bits per heavy atom. The second kappa shape index (κ2) is 4.14. The molecule has 1 unspecified atom stereocenters. The van der Waals surface area contributed by atoms with E-state index in [1.165, 1.54) is 18.4 Å². The van der Waals surface area contributed by atoms with Gasteiger partial charge in [-0.15, -0.1) is 0 Å². The molecule has 1 N–H and O–H groups in total. The molecular weight excluding hydrogens is 258 g/mol. The van der Waals surface area contributed by atoms with Gasteiger partial charge in [-0.2, -0.15) is 5.10 Å². The molecule has 2 heterocycles. The molecule has 96 valence electrons. The van der Waals surface area contributed by atoms with E-state index in [-0.39, 0.29) is 5.50 Å². The fraction of sp³-hybridized carbons (Fsp3) is 0.267. The van der Waals surface area contributed by atoms with E-state index in [4.69, 9.17) is 11.6 Å². The Labute approximate surface area is 116 Å². The quantitative estimate of drug-likeness (QED) is 0.838. The third-order valence-electron chi connectivity index (χ3n) is 3.72. The number of alkyl halides is 1. The number of rotatable bonds is 2. The average molecular weight is 272 g/mol. The Hall–Kier alpha value is -1.74. The first-order valence-electron chi connectivity index (χ1n) is 6.58. The number of nitrogens with zero attached hydrogens (tertiary/aromatic N) is 2. The highest BCUT2D eigenvalue weighted by atomic mass is 35.5. The van der Waals surface area contributed by atoms with E-state index >= 15 is 0 Å². The first-order chi connectivity index (χ1) is 9.33. The number of nitrogens with one attached hydrogen (secondary N) is 1. The molecule has 1 fully saturated rings. The number of allylic oxidation sites excluding steroid dienone is 1. The summed E-state index contributed by atoms with van der Waals surface area (Å²) in [5.74, 6) is 1.72. The molecule has 1 aromatic heterocycles. The predicted molar refractivity (Wildman–Crippen MR) is 77.1 cm³/mol. The van der Waals surface area contributed by atoms with Gasteiger partial charge in [-0.1, -0.05) is 41.9 Å². The predicted octanol–water partition coefficient (Wildman–Crippen LogP) is 3.96. The first-order valence-corrected chi connectivity index (χ1v) is 7.02. The van der Waals surface area contributed by atoms with Gasteiger partial charge in [0.1, 0.15) is 11.3 Å². The zero-order valence-electron chi connectivity index (χ0n) is 10.4. The maximum absolute atomic E-state index is 6.41. The van der Waals surface area contributed by atoms with E-state index in [1.54, 1.807) is 0 Å². The molecule has 0 amide bonds. The Bertz CT molecular complexity index is 641. The van der Waals surface area contributed by atoms with Gasteiger partial charge >= 0.3 is 0 Å². The lowest BCUT2D eigenvalue weighted by Gasteiger charge is -2.22. The fourth-order valence-electron chi connectivity index (χ4n) is 2.55. The first kappa shape index (κ1) is 11.1. The van der Waals surface area contributed by atoms with Gasteiger partial charge in [0.2, 0.25) is 0 Å². The van der Waals surface area contributed by atoms with Crippen molar-refractivity contribution in [2.24, 2.45) is 0 Å². The van der Waals surface area contributed by atoms with Crippen molar-refractivity contribution in [2.75, 3.05) is 5.32 Å². The lowest BCUT2D eigenvalue weighted by molar-refractivity contribution is 0.678. The van der Waals surface area contributed by atoms with Gasteiger partial charge in [-0.25, -0.2) is 4.68 Å². The number of halogens is 1. The molecule has 0 spiro atoms. The molecule has 3 nitrogen and oxygen atoms in total. The summed E-state index contributed by atoms with van der Waals surface area (Å²) in [6, 6.07) is 10.3. The molecule has 2 aromatic rings. The van der Waals surface area contributed by atoms with Crippen LogP contribution in [0.1, 0.15) is 35.4 Å². The molecular formula is C15H14ClN3. The maximum atomic E-state index is 6.41. The molecule has 2 aliphatic rings. The highest BCUT2D eigenvalue weighted by molar-refractivity contribution is 6.21. The third-order valence-corrected chi connectivity index (χ3v) is 4.03. The minimum absolute atomic E-state index is 0.223. The molecule has 1 saturated carbocycles. The van der Waals surface area contributed by atoms with E-state index < -0.39 is 0 Å². The number of aromatic nitrogens is 2. The topological polar surface area (TPSA) is 29.9 Å². The highest BCUT2D eigenvalue weighted by Gasteiger charge is 2.31. The summed E-state index contributed by atoms with van der Waals surface area (Å²) in [5, 5.41) is 7.90. The number of benzene rings is 1. The normalized spacial score (nSPS) is 21.5. The lowest BCUT2D eigenvalue weighted by atomic mass is 10.1. The van der Waals surface area contributed by atoms with Crippen molar-refractivity contribution in [1.29, 1.82) is 0 Å². The molecule has 1 aromatic carbocycles. The summed E-state index contributed by atoms with van der Waals surface area (Å²) >= 11 is 6.41. The van der Waals surface area contributed by atoms with Gasteiger partial charge < -0.3 is 5.32 Å². The maximum Gasteiger partial charge on any atom is 0.148 e. The summed E-state index contributed by atoms with van der Waals surface area (Å²) < 4.78 is 1.86. The van der Waals surface area contributed by atoms with Gasteiger partial charge in [-0.05, 0) is 30.4 Å². The molecule has 1 aliphatic carbocycles. The molecule has 4 heteroatoms. The molecule has 1 aliphatic heterocycles. The Balaban J connectivity index is 1.75. The van der Waals surface area contributed by atoms with Crippen LogP contribution in [0, 0.1) is 0 Å². The Morgan fingerprint density at radius 1 is 1.21 bits per heavy atom. The number of hydrogen-bond acceptors (Lipinski definition) is 2. The highest BCUT2D eigenvalue weighted by Crippen LogP contribution is 2.46. The van der Waals surface area contributed by atoms with Crippen molar-refractivity contribution in [1.82, 2.24) is 9.78 Å². The van der Waals surface area contributed by atoms with Crippen LogP contribution in [0.5, 0.6) is 0 Å². The summed E-state index contributed by atoms with van der Waals surface area (Å²) in [6.07, 6.45) is 6.49. The van der Waals surface area contributed by atoms with Crippen LogP contribution in [0.15, 0.2) is 42.6 Å². The average Bonchev–Trinajstić information content (AvgIpc) is 3.19. The molecule has 4 rings (SSSR count). The fourth-order valence-corrected chi connectivity index (χ4v) is 2.82. The second-order valence-electron chi connectivity index (χ2n) is 5.11. The number of hydrogen-bond donors (Lipinski definition) is 1. The van der Waals surface area contributed by atoms with Crippen LogP contribution in [0.3, 0.4) is 0 Å². The van der Waals surface area contributed by atoms with Gasteiger partial charge in [0.25, 0.3) is 0 Å². The largest absolute Gasteiger partial charge is 0.340 e. The summed E-state index contributed by atoms with van der Waals surface area (Å²) in [7, 11) is 0. The second-order valence-corrected chi connectivity index (χ2v) is 5.56. The Morgan fingerprint density at radius 3 is 2.74 bits per heavy atom. The van der Waals surface area contributed by atoms with E-state index in [2.05, 4.69) is 22.5 Å². The smallest absolute Gasteiger partial charge is 0.148 e. The van der Waals surface area contributed by atoms with Crippen molar-refractivity contribution in [3.05, 3.63) is 53.7 Å². The minimum atomic E-state index is -0.223. The van der Waals surface area contributed by atoms with Crippen LogP contribution in [0.4, 0.5) is 5.82 Å². The molecule has 0 radical (unpaired) electrons. The van der Waals surface area contributed by atoms with Crippen LogP contribution >= 0.6 is 11.6 Å². The molecule has 0 saturated heterocycles. The van der Waals surface area contributed by atoms with E-state index in [9.17, 15) is 0 Å². The standard InChI is InChI=1S/C15H14ClN3/c16-14-8-13(11-4-2-1-3-5-11)18-15-12(10-6-7-10)9-17-19(14)15/h1-5,8-10,14,18H,6-7H2. The van der Waals surface area contributed by atoms with Gasteiger partial charge in [-0.3, -0.25) is 0 Å². The summed E-state index contributed by atoms with van der Waals surface area (Å²) in [5.41, 5.74) is 3.30.